The molecule has 4 bridgehead atoms. The van der Waals surface area contributed by atoms with Gasteiger partial charge in [0, 0.05) is 41.6 Å². The SMILES string of the molecule is C/C=C1/C[C@@H]2C[C@H]3c4[nH]c5ccccc5c4CCN(C2)[C@@H]13. The van der Waals surface area contributed by atoms with Crippen molar-refractivity contribution in [3.63, 3.8) is 0 Å². The van der Waals surface area contributed by atoms with Crippen molar-refractivity contribution in [2.24, 2.45) is 5.92 Å². The first-order valence-corrected chi connectivity index (χ1v) is 8.33. The van der Waals surface area contributed by atoms with Crippen LogP contribution in [0.15, 0.2) is 35.9 Å². The number of hydrogen-bond acceptors (Lipinski definition) is 1. The topological polar surface area (TPSA) is 19.0 Å². The van der Waals surface area contributed by atoms with E-state index >= 15 is 0 Å². The van der Waals surface area contributed by atoms with E-state index in [0.717, 1.165) is 5.92 Å². The fraction of sp³-hybridized carbons (Fsp3) is 0.474. The second-order valence-corrected chi connectivity index (χ2v) is 7.03. The molecule has 4 aliphatic rings. The number of H-pyrrole nitrogens is 1. The summed E-state index contributed by atoms with van der Waals surface area (Å²) in [5.41, 5.74) is 6.17. The molecule has 2 aromatic rings. The third-order valence-corrected chi connectivity index (χ3v) is 6.00. The van der Waals surface area contributed by atoms with Crippen LogP contribution in [0.4, 0.5) is 0 Å². The van der Waals surface area contributed by atoms with Crippen LogP contribution in [0.2, 0.25) is 0 Å². The summed E-state index contributed by atoms with van der Waals surface area (Å²) >= 11 is 0. The highest BCUT2D eigenvalue weighted by molar-refractivity contribution is 5.85. The molecule has 4 heterocycles. The van der Waals surface area contributed by atoms with Crippen molar-refractivity contribution in [3.8, 4) is 0 Å². The Labute approximate surface area is 125 Å². The van der Waals surface area contributed by atoms with E-state index in [9.17, 15) is 0 Å². The first-order valence-electron chi connectivity index (χ1n) is 8.33. The second-order valence-electron chi connectivity index (χ2n) is 7.03. The zero-order valence-corrected chi connectivity index (χ0v) is 12.6. The summed E-state index contributed by atoms with van der Waals surface area (Å²) < 4.78 is 0. The molecule has 21 heavy (non-hydrogen) atoms. The number of benzene rings is 1. The minimum absolute atomic E-state index is 0.661. The van der Waals surface area contributed by atoms with Gasteiger partial charge in [0.05, 0.1) is 0 Å². The molecule has 1 aromatic carbocycles. The molecule has 4 atom stereocenters. The lowest BCUT2D eigenvalue weighted by molar-refractivity contribution is 0.0758. The van der Waals surface area contributed by atoms with Crippen molar-refractivity contribution in [1.29, 1.82) is 0 Å². The maximum atomic E-state index is 3.79. The molecular formula is C19H22N2. The number of nitrogens with zero attached hydrogens (tertiary/aromatic N) is 1. The molecular weight excluding hydrogens is 256 g/mol. The van der Waals surface area contributed by atoms with Gasteiger partial charge in [0.1, 0.15) is 0 Å². The lowest BCUT2D eigenvalue weighted by Gasteiger charge is -2.50. The lowest BCUT2D eigenvalue weighted by atomic mass is 9.69. The number of nitrogens with one attached hydrogen (secondary N) is 1. The summed E-state index contributed by atoms with van der Waals surface area (Å²) in [6, 6.07) is 9.52. The number of para-hydroxylation sites is 1. The van der Waals surface area contributed by atoms with Gasteiger partial charge in [0.25, 0.3) is 0 Å². The first-order chi connectivity index (χ1) is 10.3. The van der Waals surface area contributed by atoms with Gasteiger partial charge < -0.3 is 4.98 Å². The van der Waals surface area contributed by atoms with Crippen molar-refractivity contribution in [1.82, 2.24) is 9.88 Å². The van der Waals surface area contributed by atoms with Crippen LogP contribution in [-0.4, -0.2) is 29.0 Å². The molecule has 3 aliphatic heterocycles. The number of allylic oxidation sites excluding steroid dienone is 1. The van der Waals surface area contributed by atoms with Gasteiger partial charge in [-0.1, -0.05) is 29.8 Å². The Balaban J connectivity index is 1.73. The minimum Gasteiger partial charge on any atom is -0.358 e. The van der Waals surface area contributed by atoms with Gasteiger partial charge in [0.2, 0.25) is 0 Å². The third kappa shape index (κ3) is 1.57. The van der Waals surface area contributed by atoms with Gasteiger partial charge in [-0.3, -0.25) is 4.90 Å². The zero-order valence-electron chi connectivity index (χ0n) is 12.6. The van der Waals surface area contributed by atoms with Gasteiger partial charge in [-0.25, -0.2) is 0 Å². The molecule has 1 saturated carbocycles. The van der Waals surface area contributed by atoms with Gasteiger partial charge in [-0.05, 0) is 43.7 Å². The van der Waals surface area contributed by atoms with Crippen LogP contribution in [0.3, 0.4) is 0 Å². The summed E-state index contributed by atoms with van der Waals surface area (Å²) in [4.78, 5) is 6.55. The fourth-order valence-corrected chi connectivity index (χ4v) is 5.21. The van der Waals surface area contributed by atoms with Crippen LogP contribution in [0.25, 0.3) is 10.9 Å². The number of aromatic nitrogens is 1. The minimum atomic E-state index is 0.661. The predicted molar refractivity (Wildman–Crippen MR) is 86.6 cm³/mol. The van der Waals surface area contributed by atoms with Gasteiger partial charge in [0.15, 0.2) is 0 Å². The highest BCUT2D eigenvalue weighted by atomic mass is 15.2. The zero-order chi connectivity index (χ0) is 14.0. The van der Waals surface area contributed by atoms with E-state index in [-0.39, 0.29) is 0 Å². The standard InChI is InChI=1S/C19H22N2/c1-2-13-9-12-10-16-18-15(7-8-21(11-12)19(13)16)14-5-3-4-6-17(14)20-18/h2-6,12,16,19-20H,7-11H2,1H3/b13-2-/t12-,16+,19+/m1/s1. The van der Waals surface area contributed by atoms with E-state index < -0.39 is 0 Å². The van der Waals surface area contributed by atoms with Crippen molar-refractivity contribution >= 4 is 10.9 Å². The molecule has 1 aliphatic carbocycles. The Bertz CT molecular complexity index is 739. The largest absolute Gasteiger partial charge is 0.358 e. The molecule has 0 spiro atoms. The van der Waals surface area contributed by atoms with Crippen LogP contribution in [0.1, 0.15) is 36.9 Å². The average molecular weight is 278 g/mol. The molecule has 6 rings (SSSR count). The van der Waals surface area contributed by atoms with E-state index in [2.05, 4.69) is 47.1 Å². The van der Waals surface area contributed by atoms with Crippen LogP contribution in [-0.2, 0) is 6.42 Å². The van der Waals surface area contributed by atoms with Gasteiger partial charge in [-0.15, -0.1) is 0 Å². The van der Waals surface area contributed by atoms with E-state index in [1.54, 1.807) is 16.8 Å². The molecule has 1 N–H and O–H groups in total. The van der Waals surface area contributed by atoms with Crippen LogP contribution in [0.5, 0.6) is 0 Å². The third-order valence-electron chi connectivity index (χ3n) is 6.00. The Kier molecular flexibility index (Phi) is 2.43. The number of aromatic amines is 1. The van der Waals surface area contributed by atoms with Crippen molar-refractivity contribution in [3.05, 3.63) is 47.2 Å². The maximum absolute atomic E-state index is 3.79. The van der Waals surface area contributed by atoms with Gasteiger partial charge >= 0.3 is 0 Å². The molecule has 1 aromatic heterocycles. The quantitative estimate of drug-likeness (QED) is 0.725. The lowest BCUT2D eigenvalue weighted by Crippen LogP contribution is -2.52. The van der Waals surface area contributed by atoms with E-state index in [1.165, 1.54) is 43.3 Å². The van der Waals surface area contributed by atoms with Crippen molar-refractivity contribution in [2.75, 3.05) is 13.1 Å². The molecule has 0 radical (unpaired) electrons. The maximum Gasteiger partial charge on any atom is 0.0459 e. The molecule has 2 heteroatoms. The van der Waals surface area contributed by atoms with E-state index in [0.29, 0.717) is 12.0 Å². The first kappa shape index (κ1) is 12.0. The molecule has 108 valence electrons. The molecule has 0 amide bonds. The summed E-state index contributed by atoms with van der Waals surface area (Å²) in [6.45, 7) is 4.78. The van der Waals surface area contributed by atoms with Crippen LogP contribution < -0.4 is 0 Å². The number of fused-ring (bicyclic) bond motifs is 4. The predicted octanol–water partition coefficient (Wildman–Crippen LogP) is 3.85. The Morgan fingerprint density at radius 3 is 3.10 bits per heavy atom. The van der Waals surface area contributed by atoms with E-state index in [1.807, 2.05) is 0 Å². The molecule has 2 saturated heterocycles. The summed E-state index contributed by atoms with van der Waals surface area (Å²) in [5, 5.41) is 1.46. The summed E-state index contributed by atoms with van der Waals surface area (Å²) in [5.74, 6) is 1.55. The second kappa shape index (κ2) is 4.23. The number of piperidine rings is 2. The molecule has 3 fully saturated rings. The highest BCUT2D eigenvalue weighted by Gasteiger charge is 2.46. The Morgan fingerprint density at radius 1 is 1.29 bits per heavy atom. The highest BCUT2D eigenvalue weighted by Crippen LogP contribution is 2.49. The molecule has 2 nitrogen and oxygen atoms in total. The molecule has 1 unspecified atom stereocenters. The Morgan fingerprint density at radius 2 is 2.19 bits per heavy atom. The smallest absolute Gasteiger partial charge is 0.0459 e. The fourth-order valence-electron chi connectivity index (χ4n) is 5.21. The van der Waals surface area contributed by atoms with Crippen molar-refractivity contribution in [2.45, 2.75) is 38.1 Å². The van der Waals surface area contributed by atoms with Gasteiger partial charge in [-0.2, -0.15) is 0 Å². The normalized spacial score (nSPS) is 36.0. The van der Waals surface area contributed by atoms with Crippen molar-refractivity contribution < 1.29 is 0 Å². The van der Waals surface area contributed by atoms with Crippen LogP contribution >= 0.6 is 0 Å². The number of hydrogen-bond donors (Lipinski definition) is 1. The number of rotatable bonds is 0. The average Bonchev–Trinajstić information content (AvgIpc) is 2.86. The summed E-state index contributed by atoms with van der Waals surface area (Å²) in [6.07, 6.45) is 6.31. The van der Waals surface area contributed by atoms with Crippen LogP contribution in [0, 0.1) is 5.92 Å². The monoisotopic (exact) mass is 278 g/mol. The Hall–Kier alpha value is -1.54. The van der Waals surface area contributed by atoms with E-state index in [4.69, 9.17) is 0 Å². The summed E-state index contributed by atoms with van der Waals surface area (Å²) in [7, 11) is 0.